The van der Waals surface area contributed by atoms with Gasteiger partial charge in [-0.15, -0.1) is 0 Å². The van der Waals surface area contributed by atoms with Gasteiger partial charge in [0.05, 0.1) is 0 Å². The molecule has 1 aliphatic heterocycles. The van der Waals surface area contributed by atoms with Crippen molar-refractivity contribution >= 4 is 28.9 Å². The molecule has 1 fully saturated rings. The maximum absolute atomic E-state index is 12.9. The van der Waals surface area contributed by atoms with Crippen molar-refractivity contribution in [1.82, 2.24) is 0 Å². The van der Waals surface area contributed by atoms with Crippen LogP contribution in [-0.4, -0.2) is 24.4 Å². The van der Waals surface area contributed by atoms with E-state index in [4.69, 9.17) is 0 Å². The fourth-order valence-electron chi connectivity index (χ4n) is 3.70. The Labute approximate surface area is 176 Å². The van der Waals surface area contributed by atoms with Crippen LogP contribution in [-0.2, 0) is 9.59 Å². The first kappa shape index (κ1) is 19.7. The highest BCUT2D eigenvalue weighted by Crippen LogP contribution is 2.28. The Kier molecular flexibility index (Phi) is 5.80. The fourth-order valence-corrected chi connectivity index (χ4v) is 3.70. The molecule has 0 radical (unpaired) electrons. The van der Waals surface area contributed by atoms with Gasteiger partial charge in [0.1, 0.15) is 6.04 Å². The van der Waals surface area contributed by atoms with Gasteiger partial charge in [0, 0.05) is 35.6 Å². The molecule has 0 aliphatic carbocycles. The van der Waals surface area contributed by atoms with Crippen LogP contribution in [0, 0.1) is 0 Å². The number of hydrogen-bond acceptors (Lipinski definition) is 3. The number of amides is 2. The maximum Gasteiger partial charge on any atom is 0.246 e. The molecule has 5 nitrogen and oxygen atoms in total. The van der Waals surface area contributed by atoms with E-state index in [1.807, 2.05) is 85.8 Å². The minimum absolute atomic E-state index is 0.124. The topological polar surface area (TPSA) is 61.4 Å². The molecular formula is C25H25N3O2. The monoisotopic (exact) mass is 399 g/mol. The summed E-state index contributed by atoms with van der Waals surface area (Å²) in [7, 11) is 0. The smallest absolute Gasteiger partial charge is 0.246 e. The van der Waals surface area contributed by atoms with Gasteiger partial charge in [0.15, 0.2) is 0 Å². The molecule has 30 heavy (non-hydrogen) atoms. The van der Waals surface area contributed by atoms with Gasteiger partial charge in [0.25, 0.3) is 0 Å². The zero-order valence-corrected chi connectivity index (χ0v) is 17.0. The second-order valence-corrected chi connectivity index (χ2v) is 7.47. The summed E-state index contributed by atoms with van der Waals surface area (Å²) >= 11 is 0. The van der Waals surface area contributed by atoms with E-state index in [1.165, 1.54) is 0 Å². The van der Waals surface area contributed by atoms with E-state index in [-0.39, 0.29) is 11.8 Å². The number of para-hydroxylation sites is 1. The van der Waals surface area contributed by atoms with Crippen LogP contribution in [0.2, 0.25) is 0 Å². The number of rotatable bonds is 6. The first-order valence-electron chi connectivity index (χ1n) is 10.2. The third kappa shape index (κ3) is 4.35. The zero-order valence-electron chi connectivity index (χ0n) is 17.0. The summed E-state index contributed by atoms with van der Waals surface area (Å²) in [4.78, 5) is 26.7. The quantitative estimate of drug-likeness (QED) is 0.618. The molecule has 1 aliphatic rings. The van der Waals surface area contributed by atoms with Crippen molar-refractivity contribution in [3.8, 4) is 11.1 Å². The van der Waals surface area contributed by atoms with Crippen LogP contribution in [0.3, 0.4) is 0 Å². The molecule has 152 valence electrons. The van der Waals surface area contributed by atoms with Crippen molar-refractivity contribution in [3.63, 3.8) is 0 Å². The molecular weight excluding hydrogens is 374 g/mol. The minimum atomic E-state index is -0.446. The summed E-state index contributed by atoms with van der Waals surface area (Å²) in [6.45, 7) is 2.57. The van der Waals surface area contributed by atoms with Crippen LogP contribution in [0.15, 0.2) is 78.9 Å². The van der Waals surface area contributed by atoms with Crippen LogP contribution in [0.4, 0.5) is 17.1 Å². The molecule has 0 saturated carbocycles. The van der Waals surface area contributed by atoms with E-state index < -0.39 is 6.04 Å². The Bertz CT molecular complexity index is 1050. The average Bonchev–Trinajstić information content (AvgIpc) is 3.21. The second kappa shape index (κ2) is 8.82. The summed E-state index contributed by atoms with van der Waals surface area (Å²) in [6.07, 6.45) is 1.48. The van der Waals surface area contributed by atoms with Crippen molar-refractivity contribution in [2.24, 2.45) is 0 Å². The summed E-state index contributed by atoms with van der Waals surface area (Å²) in [5.41, 5.74) is 4.49. The van der Waals surface area contributed by atoms with Gasteiger partial charge < -0.3 is 15.5 Å². The number of benzene rings is 3. The highest BCUT2D eigenvalue weighted by molar-refractivity contribution is 6.00. The van der Waals surface area contributed by atoms with Crippen molar-refractivity contribution in [3.05, 3.63) is 78.9 Å². The van der Waals surface area contributed by atoms with Gasteiger partial charge in [-0.25, -0.2) is 0 Å². The predicted octanol–water partition coefficient (Wildman–Crippen LogP) is 4.92. The molecule has 0 aromatic heterocycles. The Hall–Kier alpha value is -3.60. The van der Waals surface area contributed by atoms with Crippen LogP contribution in [0.1, 0.15) is 19.8 Å². The minimum Gasteiger partial charge on any atom is -0.374 e. The van der Waals surface area contributed by atoms with Crippen molar-refractivity contribution in [1.29, 1.82) is 0 Å². The normalized spacial score (nSPS) is 14.4. The van der Waals surface area contributed by atoms with Crippen LogP contribution in [0.5, 0.6) is 0 Å². The molecule has 1 saturated heterocycles. The van der Waals surface area contributed by atoms with Gasteiger partial charge in [-0.3, -0.25) is 9.59 Å². The highest BCUT2D eigenvalue weighted by atomic mass is 16.2. The highest BCUT2D eigenvalue weighted by Gasteiger charge is 2.22. The lowest BCUT2D eigenvalue weighted by molar-refractivity contribution is -0.117. The molecule has 3 aromatic carbocycles. The Balaban J connectivity index is 1.46. The molecule has 0 unspecified atom stereocenters. The molecule has 5 heteroatoms. The number of nitrogens with one attached hydrogen (secondary N) is 2. The fraction of sp³-hybridized carbons (Fsp3) is 0.200. The average molecular weight is 399 g/mol. The lowest BCUT2D eigenvalue weighted by Crippen LogP contribution is -2.32. The largest absolute Gasteiger partial charge is 0.374 e. The van der Waals surface area contributed by atoms with E-state index in [0.717, 1.165) is 41.2 Å². The van der Waals surface area contributed by atoms with Gasteiger partial charge in [0.2, 0.25) is 11.8 Å². The van der Waals surface area contributed by atoms with E-state index >= 15 is 0 Å². The maximum atomic E-state index is 12.9. The first-order chi connectivity index (χ1) is 14.6. The van der Waals surface area contributed by atoms with Crippen molar-refractivity contribution in [2.45, 2.75) is 25.8 Å². The van der Waals surface area contributed by atoms with E-state index in [9.17, 15) is 9.59 Å². The van der Waals surface area contributed by atoms with Crippen LogP contribution >= 0.6 is 0 Å². The molecule has 0 spiro atoms. The Morgan fingerprint density at radius 2 is 1.73 bits per heavy atom. The second-order valence-electron chi connectivity index (χ2n) is 7.47. The van der Waals surface area contributed by atoms with Gasteiger partial charge >= 0.3 is 0 Å². The summed E-state index contributed by atoms with van der Waals surface area (Å²) < 4.78 is 0. The molecule has 2 N–H and O–H groups in total. The summed E-state index contributed by atoms with van der Waals surface area (Å²) in [5.74, 6) is 0.0245. The molecule has 0 bridgehead atoms. The van der Waals surface area contributed by atoms with Gasteiger partial charge in [-0.2, -0.15) is 0 Å². The third-order valence-electron chi connectivity index (χ3n) is 5.28. The molecule has 1 heterocycles. The van der Waals surface area contributed by atoms with Gasteiger partial charge in [-0.05, 0) is 43.2 Å². The van der Waals surface area contributed by atoms with Crippen LogP contribution < -0.4 is 15.5 Å². The lowest BCUT2D eigenvalue weighted by Gasteiger charge is -2.20. The number of anilines is 3. The molecule has 2 amide bonds. The number of nitrogens with zero attached hydrogens (tertiary/aromatic N) is 1. The zero-order chi connectivity index (χ0) is 20.9. The predicted molar refractivity (Wildman–Crippen MR) is 122 cm³/mol. The number of carbonyl (C=O) groups is 2. The van der Waals surface area contributed by atoms with E-state index in [0.29, 0.717) is 6.42 Å². The summed E-state index contributed by atoms with van der Waals surface area (Å²) in [5, 5.41) is 6.29. The SMILES string of the molecule is C[C@H](Nc1cccc(N2CCCC2=O)c1)C(=O)Nc1ccccc1-c1ccccc1. The molecule has 1 atom stereocenters. The standard InChI is InChI=1S/C25H25N3O2/c1-18(26-20-11-7-12-21(17-20)28-16-8-15-24(28)29)25(30)27-23-14-6-5-13-22(23)19-9-3-2-4-10-19/h2-7,9-14,17-18,26H,8,15-16H2,1H3,(H,27,30)/t18-/m0/s1. The Morgan fingerprint density at radius 1 is 0.967 bits per heavy atom. The van der Waals surface area contributed by atoms with E-state index in [2.05, 4.69) is 10.6 Å². The number of carbonyl (C=O) groups excluding carboxylic acids is 2. The van der Waals surface area contributed by atoms with E-state index in [1.54, 1.807) is 4.90 Å². The number of hydrogen-bond donors (Lipinski definition) is 2. The van der Waals surface area contributed by atoms with Gasteiger partial charge in [-0.1, -0.05) is 54.6 Å². The third-order valence-corrected chi connectivity index (χ3v) is 5.28. The first-order valence-corrected chi connectivity index (χ1v) is 10.2. The van der Waals surface area contributed by atoms with Crippen LogP contribution in [0.25, 0.3) is 11.1 Å². The lowest BCUT2D eigenvalue weighted by atomic mass is 10.0. The van der Waals surface area contributed by atoms with Crippen molar-refractivity contribution in [2.75, 3.05) is 22.1 Å². The Morgan fingerprint density at radius 3 is 2.50 bits per heavy atom. The molecule has 3 aromatic rings. The molecule has 4 rings (SSSR count). The van der Waals surface area contributed by atoms with Crippen molar-refractivity contribution < 1.29 is 9.59 Å². The summed E-state index contributed by atoms with van der Waals surface area (Å²) in [6, 6.07) is 25.0.